The van der Waals surface area contributed by atoms with Gasteiger partial charge < -0.3 is 5.73 Å². The zero-order valence-electron chi connectivity index (χ0n) is 8.43. The smallest absolute Gasteiger partial charge is 0.0548 e. The molecule has 0 heterocycles. The van der Waals surface area contributed by atoms with E-state index in [2.05, 4.69) is 29.8 Å². The molecule has 1 aromatic rings. The molecule has 0 amide bonds. The summed E-state index contributed by atoms with van der Waals surface area (Å²) >= 11 is 9.31. The lowest BCUT2D eigenvalue weighted by Gasteiger charge is -2.19. The summed E-state index contributed by atoms with van der Waals surface area (Å²) in [6, 6.07) is 5.96. The standard InChI is InChI=1S/C11H15BrClN/c1-3-7(2)11(14)8-4-5-10(13)9(12)6-8/h4-7,11H,3,14H2,1-2H3. The maximum atomic E-state index is 6.10. The van der Waals surface area contributed by atoms with Gasteiger partial charge in [0, 0.05) is 10.5 Å². The van der Waals surface area contributed by atoms with Gasteiger partial charge in [-0.25, -0.2) is 0 Å². The molecule has 0 bridgehead atoms. The summed E-state index contributed by atoms with van der Waals surface area (Å²) in [6.45, 7) is 4.31. The SMILES string of the molecule is CCC(C)C(N)c1ccc(Cl)c(Br)c1. The van der Waals surface area contributed by atoms with Crippen LogP contribution in [-0.4, -0.2) is 0 Å². The highest BCUT2D eigenvalue weighted by Gasteiger charge is 2.13. The average molecular weight is 277 g/mol. The van der Waals surface area contributed by atoms with Crippen molar-refractivity contribution in [1.29, 1.82) is 0 Å². The second-order valence-electron chi connectivity index (χ2n) is 3.58. The molecule has 1 rings (SSSR count). The normalized spacial score (nSPS) is 15.2. The zero-order chi connectivity index (χ0) is 10.7. The minimum atomic E-state index is 0.0913. The monoisotopic (exact) mass is 275 g/mol. The van der Waals surface area contributed by atoms with Gasteiger partial charge in [-0.1, -0.05) is 37.9 Å². The molecule has 0 aliphatic carbocycles. The fourth-order valence-electron chi connectivity index (χ4n) is 1.30. The van der Waals surface area contributed by atoms with Gasteiger partial charge >= 0.3 is 0 Å². The third-order valence-electron chi connectivity index (χ3n) is 2.59. The Labute approximate surface area is 98.8 Å². The van der Waals surface area contributed by atoms with E-state index in [0.29, 0.717) is 5.92 Å². The molecule has 14 heavy (non-hydrogen) atoms. The first kappa shape index (κ1) is 12.0. The Balaban J connectivity index is 2.91. The van der Waals surface area contributed by atoms with E-state index >= 15 is 0 Å². The summed E-state index contributed by atoms with van der Waals surface area (Å²) in [7, 11) is 0. The maximum Gasteiger partial charge on any atom is 0.0548 e. The maximum absolute atomic E-state index is 6.10. The van der Waals surface area contributed by atoms with E-state index in [9.17, 15) is 0 Å². The van der Waals surface area contributed by atoms with Gasteiger partial charge in [-0.05, 0) is 39.5 Å². The highest BCUT2D eigenvalue weighted by Crippen LogP contribution is 2.28. The number of hydrogen-bond donors (Lipinski definition) is 1. The van der Waals surface area contributed by atoms with Crippen LogP contribution in [0.25, 0.3) is 0 Å². The van der Waals surface area contributed by atoms with Crippen molar-refractivity contribution in [1.82, 2.24) is 0 Å². The molecule has 0 saturated carbocycles. The van der Waals surface area contributed by atoms with E-state index in [1.807, 2.05) is 18.2 Å². The summed E-state index contributed by atoms with van der Waals surface area (Å²) in [4.78, 5) is 0. The van der Waals surface area contributed by atoms with Gasteiger partial charge in [0.1, 0.15) is 0 Å². The molecule has 2 atom stereocenters. The van der Waals surface area contributed by atoms with E-state index < -0.39 is 0 Å². The fraction of sp³-hybridized carbons (Fsp3) is 0.455. The molecule has 0 saturated heterocycles. The van der Waals surface area contributed by atoms with E-state index in [0.717, 1.165) is 21.5 Å². The highest BCUT2D eigenvalue weighted by molar-refractivity contribution is 9.10. The van der Waals surface area contributed by atoms with Gasteiger partial charge in [0.25, 0.3) is 0 Å². The molecule has 78 valence electrons. The first-order valence-electron chi connectivity index (χ1n) is 4.76. The molecule has 2 N–H and O–H groups in total. The Hall–Kier alpha value is -0.0500. The molecule has 0 radical (unpaired) electrons. The van der Waals surface area contributed by atoms with Crippen molar-refractivity contribution in [2.24, 2.45) is 11.7 Å². The number of benzene rings is 1. The summed E-state index contributed by atoms with van der Waals surface area (Å²) in [5.74, 6) is 0.489. The predicted octanol–water partition coefficient (Wildman–Crippen LogP) is 4.15. The molecule has 2 unspecified atom stereocenters. The second-order valence-corrected chi connectivity index (χ2v) is 4.85. The molecule has 0 spiro atoms. The first-order valence-corrected chi connectivity index (χ1v) is 5.94. The van der Waals surface area contributed by atoms with Crippen molar-refractivity contribution in [2.45, 2.75) is 26.3 Å². The predicted molar refractivity (Wildman–Crippen MR) is 65.5 cm³/mol. The summed E-state index contributed by atoms with van der Waals surface area (Å²) < 4.78 is 0.912. The third-order valence-corrected chi connectivity index (χ3v) is 3.80. The number of halogens is 2. The summed E-state index contributed by atoms with van der Waals surface area (Å²) in [6.07, 6.45) is 1.08. The molecule has 1 nitrogen and oxygen atoms in total. The van der Waals surface area contributed by atoms with Gasteiger partial charge in [0.15, 0.2) is 0 Å². The van der Waals surface area contributed by atoms with Crippen molar-refractivity contribution in [2.75, 3.05) is 0 Å². The third kappa shape index (κ3) is 2.72. The molecule has 3 heteroatoms. The Kier molecular flexibility index (Phi) is 4.42. The highest BCUT2D eigenvalue weighted by atomic mass is 79.9. The second kappa shape index (κ2) is 5.15. The van der Waals surface area contributed by atoms with Gasteiger partial charge in [0.2, 0.25) is 0 Å². The van der Waals surface area contributed by atoms with Crippen LogP contribution in [-0.2, 0) is 0 Å². The quantitative estimate of drug-likeness (QED) is 0.882. The van der Waals surface area contributed by atoms with Crippen LogP contribution in [0.3, 0.4) is 0 Å². The molecule has 0 fully saturated rings. The van der Waals surface area contributed by atoms with Gasteiger partial charge in [0.05, 0.1) is 5.02 Å². The minimum absolute atomic E-state index is 0.0913. The van der Waals surface area contributed by atoms with E-state index in [-0.39, 0.29) is 6.04 Å². The molecule has 0 aliphatic heterocycles. The molecular weight excluding hydrogens is 261 g/mol. The van der Waals surface area contributed by atoms with Crippen LogP contribution >= 0.6 is 27.5 Å². The Morgan fingerprint density at radius 1 is 1.50 bits per heavy atom. The fourth-order valence-corrected chi connectivity index (χ4v) is 1.82. The van der Waals surface area contributed by atoms with Crippen LogP contribution in [0.4, 0.5) is 0 Å². The largest absolute Gasteiger partial charge is 0.324 e. The van der Waals surface area contributed by atoms with Crippen molar-refractivity contribution in [3.63, 3.8) is 0 Å². The van der Waals surface area contributed by atoms with E-state index in [1.54, 1.807) is 0 Å². The van der Waals surface area contributed by atoms with Crippen molar-refractivity contribution >= 4 is 27.5 Å². The Bertz CT molecular complexity index is 314. The molecular formula is C11H15BrClN. The van der Waals surface area contributed by atoms with Crippen LogP contribution in [0.1, 0.15) is 31.9 Å². The zero-order valence-corrected chi connectivity index (χ0v) is 10.8. The first-order chi connectivity index (χ1) is 6.56. The number of nitrogens with two attached hydrogens (primary N) is 1. The van der Waals surface area contributed by atoms with Gasteiger partial charge in [-0.2, -0.15) is 0 Å². The van der Waals surface area contributed by atoms with Gasteiger partial charge in [-0.15, -0.1) is 0 Å². The van der Waals surface area contributed by atoms with Crippen LogP contribution in [0, 0.1) is 5.92 Å². The lowest BCUT2D eigenvalue weighted by Crippen LogP contribution is -2.18. The topological polar surface area (TPSA) is 26.0 Å². The van der Waals surface area contributed by atoms with Crippen LogP contribution < -0.4 is 5.73 Å². The number of rotatable bonds is 3. The summed E-state index contributed by atoms with van der Waals surface area (Å²) in [5.41, 5.74) is 7.24. The molecule has 1 aromatic carbocycles. The van der Waals surface area contributed by atoms with Crippen LogP contribution in [0.5, 0.6) is 0 Å². The Morgan fingerprint density at radius 3 is 2.64 bits per heavy atom. The lowest BCUT2D eigenvalue weighted by atomic mass is 9.93. The van der Waals surface area contributed by atoms with Crippen molar-refractivity contribution < 1.29 is 0 Å². The minimum Gasteiger partial charge on any atom is -0.324 e. The molecule has 0 aliphatic rings. The van der Waals surface area contributed by atoms with Crippen LogP contribution in [0.2, 0.25) is 5.02 Å². The van der Waals surface area contributed by atoms with Crippen molar-refractivity contribution in [3.8, 4) is 0 Å². The van der Waals surface area contributed by atoms with Crippen LogP contribution in [0.15, 0.2) is 22.7 Å². The molecule has 0 aromatic heterocycles. The average Bonchev–Trinajstić information content (AvgIpc) is 2.20. The Morgan fingerprint density at radius 2 is 2.14 bits per heavy atom. The van der Waals surface area contributed by atoms with Crippen molar-refractivity contribution in [3.05, 3.63) is 33.3 Å². The lowest BCUT2D eigenvalue weighted by molar-refractivity contribution is 0.457. The van der Waals surface area contributed by atoms with E-state index in [4.69, 9.17) is 17.3 Å². The van der Waals surface area contributed by atoms with E-state index in [1.165, 1.54) is 0 Å². The number of hydrogen-bond acceptors (Lipinski definition) is 1. The summed E-state index contributed by atoms with van der Waals surface area (Å²) in [5, 5.41) is 0.727. The van der Waals surface area contributed by atoms with Gasteiger partial charge in [-0.3, -0.25) is 0 Å².